The van der Waals surface area contributed by atoms with Gasteiger partial charge in [-0.1, -0.05) is 37.3 Å². The summed E-state index contributed by atoms with van der Waals surface area (Å²) in [6.07, 6.45) is 6.42. The summed E-state index contributed by atoms with van der Waals surface area (Å²) in [6, 6.07) is 17.0. The molecule has 0 unspecified atom stereocenters. The van der Waals surface area contributed by atoms with Gasteiger partial charge in [-0.3, -0.25) is 4.40 Å². The van der Waals surface area contributed by atoms with Gasteiger partial charge in [0.2, 0.25) is 5.78 Å². The molecule has 2 aromatic heterocycles. The molecule has 0 saturated heterocycles. The molecular formula is C21H19N5O. The van der Waals surface area contributed by atoms with E-state index in [0.717, 1.165) is 28.9 Å². The maximum Gasteiger partial charge on any atom is 0.323 e. The number of carbonyl (C=O) groups is 1. The molecule has 2 amide bonds. The Kier molecular flexibility index (Phi) is 4.53. The van der Waals surface area contributed by atoms with Crippen LogP contribution in [-0.2, 0) is 6.42 Å². The molecule has 4 aromatic rings. The highest BCUT2D eigenvalue weighted by atomic mass is 16.2. The molecule has 6 nitrogen and oxygen atoms in total. The molecular weight excluding hydrogens is 338 g/mol. The standard InChI is InChI=1S/C21H19N5O/c1-2-15-6-3-4-7-18(15)25-21(27)23-17-10-8-16(9-11-17)19-14-26-13-5-12-22-20(26)24-19/h3-14H,2H2,1H3,(H2,23,25,27). The molecule has 0 aliphatic heterocycles. The fourth-order valence-electron chi connectivity index (χ4n) is 2.93. The maximum absolute atomic E-state index is 12.3. The molecule has 0 fully saturated rings. The van der Waals surface area contributed by atoms with E-state index in [1.165, 1.54) is 0 Å². The van der Waals surface area contributed by atoms with Crippen LogP contribution in [0.1, 0.15) is 12.5 Å². The average Bonchev–Trinajstić information content (AvgIpc) is 3.13. The van der Waals surface area contributed by atoms with E-state index in [1.54, 1.807) is 6.20 Å². The number of aromatic nitrogens is 3. The molecule has 0 aliphatic carbocycles. The molecule has 0 bridgehead atoms. The molecule has 0 saturated carbocycles. The zero-order valence-electron chi connectivity index (χ0n) is 14.9. The lowest BCUT2D eigenvalue weighted by molar-refractivity contribution is 0.262. The number of para-hydroxylation sites is 1. The second kappa shape index (κ2) is 7.29. The Morgan fingerprint density at radius 1 is 1.04 bits per heavy atom. The average molecular weight is 357 g/mol. The first-order chi connectivity index (χ1) is 13.2. The topological polar surface area (TPSA) is 71.3 Å². The van der Waals surface area contributed by atoms with E-state index in [1.807, 2.05) is 71.4 Å². The van der Waals surface area contributed by atoms with Crippen molar-refractivity contribution in [3.63, 3.8) is 0 Å². The summed E-state index contributed by atoms with van der Waals surface area (Å²) >= 11 is 0. The van der Waals surface area contributed by atoms with Crippen molar-refractivity contribution in [2.75, 3.05) is 10.6 Å². The maximum atomic E-state index is 12.3. The number of nitrogens with one attached hydrogen (secondary N) is 2. The molecule has 0 aliphatic rings. The lowest BCUT2D eigenvalue weighted by Crippen LogP contribution is -2.20. The molecule has 2 N–H and O–H groups in total. The van der Waals surface area contributed by atoms with E-state index < -0.39 is 0 Å². The second-order valence-corrected chi connectivity index (χ2v) is 6.12. The van der Waals surface area contributed by atoms with Gasteiger partial charge in [0.25, 0.3) is 0 Å². The van der Waals surface area contributed by atoms with Crippen molar-refractivity contribution in [3.8, 4) is 11.3 Å². The van der Waals surface area contributed by atoms with E-state index in [0.29, 0.717) is 11.5 Å². The number of fused-ring (bicyclic) bond motifs is 1. The summed E-state index contributed by atoms with van der Waals surface area (Å²) in [7, 11) is 0. The van der Waals surface area contributed by atoms with Crippen molar-refractivity contribution in [2.24, 2.45) is 0 Å². The van der Waals surface area contributed by atoms with E-state index in [-0.39, 0.29) is 6.03 Å². The zero-order valence-corrected chi connectivity index (χ0v) is 14.9. The molecule has 2 aromatic carbocycles. The van der Waals surface area contributed by atoms with Crippen LogP contribution in [0.4, 0.5) is 16.2 Å². The van der Waals surface area contributed by atoms with E-state index in [4.69, 9.17) is 0 Å². The van der Waals surface area contributed by atoms with Gasteiger partial charge >= 0.3 is 6.03 Å². The minimum Gasteiger partial charge on any atom is -0.308 e. The Balaban J connectivity index is 1.46. The highest BCUT2D eigenvalue weighted by Crippen LogP contribution is 2.21. The Bertz CT molecular complexity index is 1050. The van der Waals surface area contributed by atoms with Crippen molar-refractivity contribution < 1.29 is 4.79 Å². The Morgan fingerprint density at radius 3 is 2.63 bits per heavy atom. The summed E-state index contributed by atoms with van der Waals surface area (Å²) < 4.78 is 1.88. The second-order valence-electron chi connectivity index (χ2n) is 6.12. The molecule has 6 heteroatoms. The third-order valence-corrected chi connectivity index (χ3v) is 4.32. The minimum absolute atomic E-state index is 0.263. The minimum atomic E-state index is -0.263. The highest BCUT2D eigenvalue weighted by Gasteiger charge is 2.08. The van der Waals surface area contributed by atoms with Gasteiger partial charge < -0.3 is 10.6 Å². The largest absolute Gasteiger partial charge is 0.323 e. The number of hydrogen-bond acceptors (Lipinski definition) is 3. The SMILES string of the molecule is CCc1ccccc1NC(=O)Nc1ccc(-c2cn3cccnc3n2)cc1. The van der Waals surface area contributed by atoms with Gasteiger partial charge in [-0.25, -0.2) is 14.8 Å². The first kappa shape index (κ1) is 16.8. The number of amides is 2. The Morgan fingerprint density at radius 2 is 1.85 bits per heavy atom. The van der Waals surface area contributed by atoms with Gasteiger partial charge in [0.15, 0.2) is 0 Å². The molecule has 4 rings (SSSR count). The van der Waals surface area contributed by atoms with Crippen LogP contribution in [0.3, 0.4) is 0 Å². The van der Waals surface area contributed by atoms with Gasteiger partial charge in [-0.05, 0) is 36.2 Å². The van der Waals surface area contributed by atoms with Crippen molar-refractivity contribution in [2.45, 2.75) is 13.3 Å². The summed E-state index contributed by atoms with van der Waals surface area (Å²) in [4.78, 5) is 21.0. The van der Waals surface area contributed by atoms with Gasteiger partial charge in [0.05, 0.1) is 5.69 Å². The number of hydrogen-bond donors (Lipinski definition) is 2. The number of benzene rings is 2. The normalized spacial score (nSPS) is 10.7. The van der Waals surface area contributed by atoms with Gasteiger partial charge in [-0.2, -0.15) is 0 Å². The highest BCUT2D eigenvalue weighted by molar-refractivity contribution is 6.00. The van der Waals surface area contributed by atoms with Crippen molar-refractivity contribution in [1.29, 1.82) is 0 Å². The van der Waals surface area contributed by atoms with Crippen molar-refractivity contribution >= 4 is 23.2 Å². The summed E-state index contributed by atoms with van der Waals surface area (Å²) in [6.45, 7) is 2.06. The monoisotopic (exact) mass is 357 g/mol. The fourth-order valence-corrected chi connectivity index (χ4v) is 2.93. The van der Waals surface area contributed by atoms with Crippen molar-refractivity contribution in [1.82, 2.24) is 14.4 Å². The van der Waals surface area contributed by atoms with Crippen LogP contribution in [0.5, 0.6) is 0 Å². The van der Waals surface area contributed by atoms with Crippen LogP contribution in [0.25, 0.3) is 17.0 Å². The lowest BCUT2D eigenvalue weighted by Gasteiger charge is -2.11. The third kappa shape index (κ3) is 3.64. The fraction of sp³-hybridized carbons (Fsp3) is 0.0952. The van der Waals surface area contributed by atoms with Gasteiger partial charge in [0, 0.05) is 35.5 Å². The smallest absolute Gasteiger partial charge is 0.308 e. The molecule has 0 spiro atoms. The van der Waals surface area contributed by atoms with Gasteiger partial charge in [-0.15, -0.1) is 0 Å². The summed E-state index contributed by atoms with van der Waals surface area (Å²) in [5, 5.41) is 5.76. The van der Waals surface area contributed by atoms with E-state index in [9.17, 15) is 4.79 Å². The van der Waals surface area contributed by atoms with Crippen LogP contribution in [-0.4, -0.2) is 20.4 Å². The first-order valence-corrected chi connectivity index (χ1v) is 8.79. The lowest BCUT2D eigenvalue weighted by atomic mass is 10.1. The van der Waals surface area contributed by atoms with Crippen LogP contribution in [0.15, 0.2) is 73.2 Å². The molecule has 2 heterocycles. The van der Waals surface area contributed by atoms with Gasteiger partial charge in [0.1, 0.15) is 0 Å². The Labute approximate surface area is 156 Å². The quantitative estimate of drug-likeness (QED) is 0.560. The van der Waals surface area contributed by atoms with Crippen LogP contribution < -0.4 is 10.6 Å². The van der Waals surface area contributed by atoms with E-state index >= 15 is 0 Å². The predicted octanol–water partition coefficient (Wildman–Crippen LogP) is 4.60. The summed E-state index contributed by atoms with van der Waals surface area (Å²) in [5.41, 5.74) is 4.44. The molecule has 27 heavy (non-hydrogen) atoms. The number of aryl methyl sites for hydroxylation is 1. The Hall–Kier alpha value is -3.67. The molecule has 0 atom stereocenters. The third-order valence-electron chi connectivity index (χ3n) is 4.32. The number of carbonyl (C=O) groups excluding carboxylic acids is 1. The number of imidazole rings is 1. The van der Waals surface area contributed by atoms with E-state index in [2.05, 4.69) is 27.5 Å². The number of urea groups is 1. The zero-order chi connectivity index (χ0) is 18.6. The number of nitrogens with zero attached hydrogens (tertiary/aromatic N) is 3. The summed E-state index contributed by atoms with van der Waals surface area (Å²) in [5.74, 6) is 0.656. The van der Waals surface area contributed by atoms with Crippen LogP contribution in [0.2, 0.25) is 0 Å². The van der Waals surface area contributed by atoms with Crippen molar-refractivity contribution in [3.05, 3.63) is 78.8 Å². The first-order valence-electron chi connectivity index (χ1n) is 8.79. The number of rotatable bonds is 4. The van der Waals surface area contributed by atoms with Crippen LogP contribution in [0, 0.1) is 0 Å². The molecule has 134 valence electrons. The predicted molar refractivity (Wildman–Crippen MR) is 107 cm³/mol. The van der Waals surface area contributed by atoms with Crippen LogP contribution >= 0.6 is 0 Å². The number of anilines is 2. The molecule has 0 radical (unpaired) electrons.